The van der Waals surface area contributed by atoms with Crippen LogP contribution in [0.15, 0.2) is 47.4 Å². The first-order valence-electron chi connectivity index (χ1n) is 7.69. The average molecular weight is 384 g/mol. The lowest BCUT2D eigenvalue weighted by atomic mass is 10.1. The first kappa shape index (κ1) is 19.8. The molecule has 0 bridgehead atoms. The van der Waals surface area contributed by atoms with Gasteiger partial charge in [-0.15, -0.1) is 0 Å². The number of sulfonamides is 1. The van der Waals surface area contributed by atoms with Crippen molar-refractivity contribution in [2.45, 2.75) is 25.4 Å². The topological polar surface area (TPSA) is 84.5 Å². The van der Waals surface area contributed by atoms with Crippen LogP contribution in [-0.2, 0) is 10.0 Å². The molecule has 0 fully saturated rings. The van der Waals surface area contributed by atoms with Crippen molar-refractivity contribution in [3.8, 4) is 5.75 Å². The first-order chi connectivity index (χ1) is 12.2. The Labute approximate surface area is 150 Å². The molecule has 0 spiro atoms. The van der Waals surface area contributed by atoms with Crippen molar-refractivity contribution in [2.75, 3.05) is 11.9 Å². The molecular formula is C17H18F2N2O4S. The molecule has 0 radical (unpaired) electrons. The van der Waals surface area contributed by atoms with Crippen molar-refractivity contribution >= 4 is 21.6 Å². The minimum absolute atomic E-state index is 0.0178. The van der Waals surface area contributed by atoms with Gasteiger partial charge in [0.05, 0.1) is 4.90 Å². The molecule has 2 N–H and O–H groups in total. The SMILES string of the molecule is CCNS(=O)(=O)c1ccc(C)c(C(=O)Nc2ccc(OC(F)F)cc2)c1. The quantitative estimate of drug-likeness (QED) is 0.768. The van der Waals surface area contributed by atoms with E-state index in [-0.39, 0.29) is 22.8 Å². The molecule has 9 heteroatoms. The number of halogens is 2. The molecule has 0 unspecified atom stereocenters. The molecule has 0 aliphatic carbocycles. The minimum Gasteiger partial charge on any atom is -0.435 e. The van der Waals surface area contributed by atoms with Gasteiger partial charge in [-0.1, -0.05) is 13.0 Å². The fourth-order valence-corrected chi connectivity index (χ4v) is 3.27. The van der Waals surface area contributed by atoms with Gasteiger partial charge in [0, 0.05) is 17.8 Å². The van der Waals surface area contributed by atoms with Crippen LogP contribution < -0.4 is 14.8 Å². The van der Waals surface area contributed by atoms with Crippen LogP contribution in [0, 0.1) is 6.92 Å². The maximum atomic E-state index is 12.5. The van der Waals surface area contributed by atoms with E-state index in [1.54, 1.807) is 19.9 Å². The van der Waals surface area contributed by atoms with Gasteiger partial charge in [-0.3, -0.25) is 4.79 Å². The highest BCUT2D eigenvalue weighted by Gasteiger charge is 2.17. The zero-order valence-corrected chi connectivity index (χ0v) is 14.9. The number of carbonyl (C=O) groups is 1. The highest BCUT2D eigenvalue weighted by atomic mass is 32.2. The summed E-state index contributed by atoms with van der Waals surface area (Å²) in [5, 5.41) is 2.59. The molecule has 0 aliphatic rings. The van der Waals surface area contributed by atoms with Crippen LogP contribution in [0.2, 0.25) is 0 Å². The van der Waals surface area contributed by atoms with Gasteiger partial charge in [0.2, 0.25) is 10.0 Å². The summed E-state index contributed by atoms with van der Waals surface area (Å²) in [4.78, 5) is 12.4. The third-order valence-corrected chi connectivity index (χ3v) is 4.98. The number of aryl methyl sites for hydroxylation is 1. The summed E-state index contributed by atoms with van der Waals surface area (Å²) in [6.45, 7) is 0.628. The van der Waals surface area contributed by atoms with Crippen LogP contribution in [0.1, 0.15) is 22.8 Å². The highest BCUT2D eigenvalue weighted by Crippen LogP contribution is 2.20. The number of hydrogen-bond donors (Lipinski definition) is 2. The van der Waals surface area contributed by atoms with Gasteiger partial charge in [-0.2, -0.15) is 8.78 Å². The zero-order chi connectivity index (χ0) is 19.3. The summed E-state index contributed by atoms with van der Waals surface area (Å²) >= 11 is 0. The Hall–Kier alpha value is -2.52. The predicted octanol–water partition coefficient (Wildman–Crippen LogP) is 3.15. The second-order valence-corrected chi connectivity index (χ2v) is 7.10. The fraction of sp³-hybridized carbons (Fsp3) is 0.235. The predicted molar refractivity (Wildman–Crippen MR) is 93.1 cm³/mol. The highest BCUT2D eigenvalue weighted by molar-refractivity contribution is 7.89. The summed E-state index contributed by atoms with van der Waals surface area (Å²) in [6, 6.07) is 9.64. The number of rotatable bonds is 7. The van der Waals surface area contributed by atoms with Crippen molar-refractivity contribution in [3.05, 3.63) is 53.6 Å². The van der Waals surface area contributed by atoms with Crippen LogP contribution in [0.25, 0.3) is 0 Å². The molecule has 0 saturated carbocycles. The lowest BCUT2D eigenvalue weighted by Gasteiger charge is -2.11. The molecule has 2 aromatic rings. The van der Waals surface area contributed by atoms with Crippen LogP contribution in [0.4, 0.5) is 14.5 Å². The zero-order valence-electron chi connectivity index (χ0n) is 14.1. The number of hydrogen-bond acceptors (Lipinski definition) is 4. The summed E-state index contributed by atoms with van der Waals surface area (Å²) in [6.07, 6.45) is 0. The van der Waals surface area contributed by atoms with Gasteiger partial charge >= 0.3 is 6.61 Å². The monoisotopic (exact) mass is 384 g/mol. The van der Waals surface area contributed by atoms with Gasteiger partial charge < -0.3 is 10.1 Å². The van der Waals surface area contributed by atoms with Crippen LogP contribution in [0.5, 0.6) is 5.75 Å². The smallest absolute Gasteiger partial charge is 0.387 e. The summed E-state index contributed by atoms with van der Waals surface area (Å²) < 4.78 is 55.0. The third kappa shape index (κ3) is 4.99. The largest absolute Gasteiger partial charge is 0.435 e. The van der Waals surface area contributed by atoms with Crippen LogP contribution >= 0.6 is 0 Å². The number of anilines is 1. The van der Waals surface area contributed by atoms with Crippen molar-refractivity contribution in [2.24, 2.45) is 0 Å². The number of nitrogens with one attached hydrogen (secondary N) is 2. The number of alkyl halides is 2. The van der Waals surface area contributed by atoms with E-state index in [9.17, 15) is 22.0 Å². The molecule has 0 heterocycles. The lowest BCUT2D eigenvalue weighted by molar-refractivity contribution is -0.0498. The number of benzene rings is 2. The fourth-order valence-electron chi connectivity index (χ4n) is 2.20. The maximum absolute atomic E-state index is 12.5. The van der Waals surface area contributed by atoms with Gasteiger partial charge in [-0.25, -0.2) is 13.1 Å². The number of carbonyl (C=O) groups excluding carboxylic acids is 1. The van der Waals surface area contributed by atoms with Crippen molar-refractivity contribution in [3.63, 3.8) is 0 Å². The molecule has 6 nitrogen and oxygen atoms in total. The Morgan fingerprint density at radius 3 is 2.38 bits per heavy atom. The van der Waals surface area contributed by atoms with Crippen molar-refractivity contribution in [1.29, 1.82) is 0 Å². The molecule has 0 atom stereocenters. The second-order valence-electron chi connectivity index (χ2n) is 5.34. The average Bonchev–Trinajstić information content (AvgIpc) is 2.56. The second kappa shape index (κ2) is 8.24. The Bertz CT molecular complexity index is 884. The summed E-state index contributed by atoms with van der Waals surface area (Å²) in [7, 11) is -3.69. The van der Waals surface area contributed by atoms with Crippen LogP contribution in [-0.4, -0.2) is 27.5 Å². The van der Waals surface area contributed by atoms with Crippen molar-refractivity contribution in [1.82, 2.24) is 4.72 Å². The van der Waals surface area contributed by atoms with Gasteiger partial charge in [0.25, 0.3) is 5.91 Å². The molecule has 2 aromatic carbocycles. The molecule has 0 aliphatic heterocycles. The van der Waals surface area contributed by atoms with Crippen molar-refractivity contribution < 1.29 is 26.7 Å². The van der Waals surface area contributed by atoms with E-state index in [0.717, 1.165) is 0 Å². The molecule has 2 rings (SSSR count). The molecule has 26 heavy (non-hydrogen) atoms. The molecule has 140 valence electrons. The lowest BCUT2D eigenvalue weighted by Crippen LogP contribution is -2.24. The Morgan fingerprint density at radius 1 is 1.15 bits per heavy atom. The normalized spacial score (nSPS) is 11.4. The molecule has 0 aromatic heterocycles. The number of amides is 1. The summed E-state index contributed by atoms with van der Waals surface area (Å²) in [5.41, 5.74) is 1.14. The molecular weight excluding hydrogens is 366 g/mol. The summed E-state index contributed by atoms with van der Waals surface area (Å²) in [5.74, 6) is -0.550. The molecule has 0 saturated heterocycles. The molecule has 1 amide bonds. The van der Waals surface area contributed by atoms with E-state index in [1.165, 1.54) is 36.4 Å². The standard InChI is InChI=1S/C17H18F2N2O4S/c1-3-20-26(23,24)14-9-4-11(2)15(10-14)16(22)21-12-5-7-13(8-6-12)25-17(18)19/h4-10,17,20H,3H2,1-2H3,(H,21,22). The van der Waals surface area contributed by atoms with E-state index in [0.29, 0.717) is 11.3 Å². The Balaban J connectivity index is 2.21. The maximum Gasteiger partial charge on any atom is 0.387 e. The Kier molecular flexibility index (Phi) is 6.27. The van der Waals surface area contributed by atoms with Gasteiger partial charge in [-0.05, 0) is 48.9 Å². The Morgan fingerprint density at radius 2 is 1.81 bits per heavy atom. The van der Waals surface area contributed by atoms with E-state index < -0.39 is 22.5 Å². The third-order valence-electron chi connectivity index (χ3n) is 3.44. The van der Waals surface area contributed by atoms with E-state index in [4.69, 9.17) is 0 Å². The van der Waals surface area contributed by atoms with Gasteiger partial charge in [0.1, 0.15) is 5.75 Å². The van der Waals surface area contributed by atoms with Gasteiger partial charge in [0.15, 0.2) is 0 Å². The van der Waals surface area contributed by atoms with E-state index in [1.807, 2.05) is 0 Å². The van der Waals surface area contributed by atoms with E-state index >= 15 is 0 Å². The van der Waals surface area contributed by atoms with Crippen LogP contribution in [0.3, 0.4) is 0 Å². The minimum atomic E-state index is -3.69. The number of ether oxygens (including phenoxy) is 1. The first-order valence-corrected chi connectivity index (χ1v) is 9.18. The van der Waals surface area contributed by atoms with E-state index in [2.05, 4.69) is 14.8 Å².